The number of amides is 1. The van der Waals surface area contributed by atoms with Gasteiger partial charge in [-0.15, -0.1) is 0 Å². The number of aromatic nitrogens is 2. The van der Waals surface area contributed by atoms with Gasteiger partial charge in [-0.25, -0.2) is 0 Å². The second-order valence-electron chi connectivity index (χ2n) is 4.24. The highest BCUT2D eigenvalue weighted by Gasteiger charge is 2.19. The van der Waals surface area contributed by atoms with Gasteiger partial charge in [0.05, 0.1) is 11.3 Å². The van der Waals surface area contributed by atoms with Crippen LogP contribution in [0, 0.1) is 6.92 Å². The molecule has 0 aliphatic heterocycles. The number of carboxylic acids is 1. The first-order valence-electron chi connectivity index (χ1n) is 5.42. The topological polar surface area (TPSA) is 84.2 Å². The van der Waals surface area contributed by atoms with Gasteiger partial charge in [-0.05, 0) is 27.7 Å². The van der Waals surface area contributed by atoms with Gasteiger partial charge in [0.15, 0.2) is 0 Å². The number of hydrogen-bond acceptors (Lipinski definition) is 3. The highest BCUT2D eigenvalue weighted by atomic mass is 16.4. The molecule has 0 aromatic carbocycles. The third-order valence-corrected chi connectivity index (χ3v) is 2.41. The van der Waals surface area contributed by atoms with Crippen LogP contribution in [0.15, 0.2) is 6.20 Å². The van der Waals surface area contributed by atoms with E-state index in [-0.39, 0.29) is 6.04 Å². The number of aliphatic carboxylic acids is 1. The normalized spacial score (nSPS) is 12.5. The van der Waals surface area contributed by atoms with Gasteiger partial charge in [-0.2, -0.15) is 5.10 Å². The molecule has 1 atom stereocenters. The van der Waals surface area contributed by atoms with Gasteiger partial charge >= 0.3 is 5.97 Å². The summed E-state index contributed by atoms with van der Waals surface area (Å²) in [7, 11) is 0. The Hall–Kier alpha value is -1.85. The van der Waals surface area contributed by atoms with E-state index < -0.39 is 17.9 Å². The molecule has 1 heterocycles. The maximum Gasteiger partial charge on any atom is 0.325 e. The number of rotatable bonds is 4. The largest absolute Gasteiger partial charge is 0.480 e. The van der Waals surface area contributed by atoms with E-state index in [0.717, 1.165) is 0 Å². The summed E-state index contributed by atoms with van der Waals surface area (Å²) in [6.45, 7) is 7.05. The number of carbonyl (C=O) groups excluding carboxylic acids is 1. The molecule has 0 unspecified atom stereocenters. The van der Waals surface area contributed by atoms with Crippen LogP contribution in [-0.4, -0.2) is 32.8 Å². The van der Waals surface area contributed by atoms with E-state index in [1.54, 1.807) is 17.8 Å². The van der Waals surface area contributed by atoms with Crippen molar-refractivity contribution in [1.82, 2.24) is 15.1 Å². The van der Waals surface area contributed by atoms with Gasteiger partial charge in [0, 0.05) is 12.2 Å². The number of aryl methyl sites for hydroxylation is 1. The van der Waals surface area contributed by atoms with E-state index in [0.29, 0.717) is 11.3 Å². The van der Waals surface area contributed by atoms with Gasteiger partial charge in [0.25, 0.3) is 5.91 Å². The first-order chi connectivity index (χ1) is 7.82. The Kier molecular flexibility index (Phi) is 3.88. The van der Waals surface area contributed by atoms with Crippen molar-refractivity contribution in [3.05, 3.63) is 17.5 Å². The summed E-state index contributed by atoms with van der Waals surface area (Å²) in [5.74, 6) is -1.48. The Bertz CT molecular complexity index is 437. The Morgan fingerprint density at radius 1 is 1.41 bits per heavy atom. The molecular weight excluding hydrogens is 222 g/mol. The highest BCUT2D eigenvalue weighted by Crippen LogP contribution is 2.10. The van der Waals surface area contributed by atoms with E-state index in [4.69, 9.17) is 5.11 Å². The Balaban J connectivity index is 2.86. The van der Waals surface area contributed by atoms with E-state index in [2.05, 4.69) is 10.4 Å². The van der Waals surface area contributed by atoms with E-state index in [1.165, 1.54) is 6.92 Å². The van der Waals surface area contributed by atoms with E-state index >= 15 is 0 Å². The third kappa shape index (κ3) is 3.05. The number of nitrogens with one attached hydrogen (secondary N) is 1. The van der Waals surface area contributed by atoms with Gasteiger partial charge < -0.3 is 10.4 Å². The van der Waals surface area contributed by atoms with Crippen molar-refractivity contribution in [2.75, 3.05) is 0 Å². The zero-order chi connectivity index (χ0) is 13.2. The predicted octanol–water partition coefficient (Wildman–Crippen LogP) is 0.975. The van der Waals surface area contributed by atoms with Crippen LogP contribution in [0.3, 0.4) is 0 Å². The monoisotopic (exact) mass is 239 g/mol. The minimum atomic E-state index is -1.06. The molecule has 17 heavy (non-hydrogen) atoms. The predicted molar refractivity (Wildman–Crippen MR) is 61.9 cm³/mol. The summed E-state index contributed by atoms with van der Waals surface area (Å²) >= 11 is 0. The van der Waals surface area contributed by atoms with Crippen LogP contribution in [0.1, 0.15) is 42.9 Å². The molecule has 6 heteroatoms. The molecule has 2 N–H and O–H groups in total. The molecule has 0 radical (unpaired) electrons. The van der Waals surface area contributed by atoms with Gasteiger partial charge in [0.2, 0.25) is 0 Å². The van der Waals surface area contributed by atoms with Crippen LogP contribution in [-0.2, 0) is 4.79 Å². The number of hydrogen-bond donors (Lipinski definition) is 2. The van der Waals surface area contributed by atoms with Crippen LogP contribution in [0.5, 0.6) is 0 Å². The lowest BCUT2D eigenvalue weighted by atomic mass is 10.2. The fourth-order valence-electron chi connectivity index (χ4n) is 1.31. The molecule has 1 rings (SSSR count). The second kappa shape index (κ2) is 4.99. The summed E-state index contributed by atoms with van der Waals surface area (Å²) in [6.07, 6.45) is 1.63. The van der Waals surface area contributed by atoms with Crippen molar-refractivity contribution >= 4 is 11.9 Å². The van der Waals surface area contributed by atoms with Crippen LogP contribution < -0.4 is 5.32 Å². The Labute approximate surface area is 99.6 Å². The van der Waals surface area contributed by atoms with Gasteiger partial charge in [-0.1, -0.05) is 0 Å². The molecule has 0 fully saturated rings. The molecule has 6 nitrogen and oxygen atoms in total. The molecule has 1 aromatic rings. The molecule has 0 spiro atoms. The maximum absolute atomic E-state index is 11.8. The van der Waals surface area contributed by atoms with Crippen LogP contribution in [0.2, 0.25) is 0 Å². The van der Waals surface area contributed by atoms with Crippen LogP contribution in [0.25, 0.3) is 0 Å². The lowest BCUT2D eigenvalue weighted by molar-refractivity contribution is -0.138. The number of nitrogens with zero attached hydrogens (tertiary/aromatic N) is 2. The van der Waals surface area contributed by atoms with Crippen molar-refractivity contribution in [1.29, 1.82) is 0 Å². The average Bonchev–Trinajstić information content (AvgIpc) is 2.60. The summed E-state index contributed by atoms with van der Waals surface area (Å²) in [6, 6.07) is -0.753. The first kappa shape index (κ1) is 13.2. The number of carboxylic acid groups (broad SMARTS) is 1. The lowest BCUT2D eigenvalue weighted by Crippen LogP contribution is -2.38. The van der Waals surface area contributed by atoms with Crippen molar-refractivity contribution in [2.45, 2.75) is 39.8 Å². The van der Waals surface area contributed by atoms with E-state index in [1.807, 2.05) is 13.8 Å². The summed E-state index contributed by atoms with van der Waals surface area (Å²) < 4.78 is 1.68. The molecule has 0 aliphatic rings. The van der Waals surface area contributed by atoms with Crippen molar-refractivity contribution < 1.29 is 14.7 Å². The second-order valence-corrected chi connectivity index (χ2v) is 4.24. The highest BCUT2D eigenvalue weighted by molar-refractivity contribution is 5.97. The van der Waals surface area contributed by atoms with Gasteiger partial charge in [0.1, 0.15) is 6.04 Å². The van der Waals surface area contributed by atoms with E-state index in [9.17, 15) is 9.59 Å². The standard InChI is InChI=1S/C11H17N3O3/c1-6(2)14-5-9(7(3)13-14)10(15)12-8(4)11(16)17/h5-6,8H,1-4H3,(H,12,15)(H,16,17)/t8-/m0/s1. The minimum absolute atomic E-state index is 0.159. The quantitative estimate of drug-likeness (QED) is 0.820. The first-order valence-corrected chi connectivity index (χ1v) is 5.42. The van der Waals surface area contributed by atoms with Crippen LogP contribution >= 0.6 is 0 Å². The molecule has 94 valence electrons. The van der Waals surface area contributed by atoms with Crippen molar-refractivity contribution in [3.8, 4) is 0 Å². The number of carbonyl (C=O) groups is 2. The molecule has 0 bridgehead atoms. The maximum atomic E-state index is 11.8. The van der Waals surface area contributed by atoms with Crippen LogP contribution in [0.4, 0.5) is 0 Å². The minimum Gasteiger partial charge on any atom is -0.480 e. The molecule has 0 aliphatic carbocycles. The fourth-order valence-corrected chi connectivity index (χ4v) is 1.31. The zero-order valence-electron chi connectivity index (χ0n) is 10.4. The zero-order valence-corrected chi connectivity index (χ0v) is 10.4. The summed E-state index contributed by atoms with van der Waals surface area (Å²) in [5.41, 5.74) is 1.00. The van der Waals surface area contributed by atoms with Crippen molar-refractivity contribution in [3.63, 3.8) is 0 Å². The Morgan fingerprint density at radius 2 is 2.00 bits per heavy atom. The smallest absolute Gasteiger partial charge is 0.325 e. The third-order valence-electron chi connectivity index (χ3n) is 2.41. The van der Waals surface area contributed by atoms with Gasteiger partial charge in [-0.3, -0.25) is 14.3 Å². The summed E-state index contributed by atoms with van der Waals surface area (Å²) in [5, 5.41) is 15.3. The fraction of sp³-hybridized carbons (Fsp3) is 0.545. The Morgan fingerprint density at radius 3 is 2.41 bits per heavy atom. The molecular formula is C11H17N3O3. The van der Waals surface area contributed by atoms with Crippen molar-refractivity contribution in [2.24, 2.45) is 0 Å². The molecule has 1 amide bonds. The SMILES string of the molecule is Cc1nn(C(C)C)cc1C(=O)N[C@@H](C)C(=O)O. The summed E-state index contributed by atoms with van der Waals surface area (Å²) in [4.78, 5) is 22.4. The molecule has 0 saturated heterocycles. The lowest BCUT2D eigenvalue weighted by Gasteiger charge is -2.08. The molecule has 0 saturated carbocycles. The average molecular weight is 239 g/mol. The molecule has 1 aromatic heterocycles.